The van der Waals surface area contributed by atoms with E-state index in [9.17, 15) is 5.11 Å². The molecule has 0 aromatic heterocycles. The van der Waals surface area contributed by atoms with E-state index in [2.05, 4.69) is 63.3 Å². The molecule has 2 aromatic rings. The summed E-state index contributed by atoms with van der Waals surface area (Å²) in [6, 6.07) is 12.4. The highest BCUT2D eigenvalue weighted by atomic mass is 16.3. The zero-order chi connectivity index (χ0) is 14.7. The fraction of sp³-hybridized carbons (Fsp3) is 0.333. The molecule has 2 N–H and O–H groups in total. The smallest absolute Gasteiger partial charge is 0.0962 e. The first-order valence-electron chi connectivity index (χ1n) is 7.03. The van der Waals surface area contributed by atoms with Crippen molar-refractivity contribution in [3.63, 3.8) is 0 Å². The van der Waals surface area contributed by atoms with Gasteiger partial charge in [0.25, 0.3) is 0 Å². The maximum absolute atomic E-state index is 10.3. The first kappa shape index (κ1) is 14.6. The van der Waals surface area contributed by atoms with E-state index in [-0.39, 0.29) is 0 Å². The molecule has 0 fully saturated rings. The van der Waals surface area contributed by atoms with Crippen molar-refractivity contribution < 1.29 is 5.11 Å². The largest absolute Gasteiger partial charge is 0.387 e. The molecule has 2 aromatic carbocycles. The van der Waals surface area contributed by atoms with Crippen molar-refractivity contribution in [3.8, 4) is 0 Å². The minimum absolute atomic E-state index is 0.491. The van der Waals surface area contributed by atoms with Gasteiger partial charge < -0.3 is 10.4 Å². The highest BCUT2D eigenvalue weighted by molar-refractivity contribution is 5.52. The summed E-state index contributed by atoms with van der Waals surface area (Å²) in [4.78, 5) is 0. The van der Waals surface area contributed by atoms with Crippen LogP contribution < -0.4 is 5.32 Å². The molecule has 0 heterocycles. The minimum atomic E-state index is -0.491. The number of aliphatic hydroxyl groups is 1. The average Bonchev–Trinajstić information content (AvgIpc) is 2.42. The molecule has 2 rings (SSSR count). The summed E-state index contributed by atoms with van der Waals surface area (Å²) in [7, 11) is 0. The van der Waals surface area contributed by atoms with Crippen LogP contribution in [0.15, 0.2) is 36.4 Å². The zero-order valence-electron chi connectivity index (χ0n) is 12.7. The van der Waals surface area contributed by atoms with Crippen LogP contribution in [-0.4, -0.2) is 11.7 Å². The van der Waals surface area contributed by atoms with E-state index in [1.165, 1.54) is 22.3 Å². The van der Waals surface area contributed by atoms with Crippen molar-refractivity contribution in [2.24, 2.45) is 0 Å². The second kappa shape index (κ2) is 6.10. The van der Waals surface area contributed by atoms with Crippen LogP contribution in [-0.2, 0) is 0 Å². The first-order valence-corrected chi connectivity index (χ1v) is 7.03. The van der Waals surface area contributed by atoms with Gasteiger partial charge in [0.1, 0.15) is 0 Å². The predicted octanol–water partition coefficient (Wildman–Crippen LogP) is 4.07. The molecule has 20 heavy (non-hydrogen) atoms. The standard InChI is InChI=1S/C18H23NO/c1-12-5-6-14(3)17(9-12)19-11-18(20)16-8-7-13(2)15(4)10-16/h5-10,18-20H,11H2,1-4H3. The van der Waals surface area contributed by atoms with Gasteiger partial charge in [0.05, 0.1) is 6.10 Å². The van der Waals surface area contributed by atoms with Crippen LogP contribution in [0.2, 0.25) is 0 Å². The molecule has 0 spiro atoms. The van der Waals surface area contributed by atoms with Gasteiger partial charge in [-0.2, -0.15) is 0 Å². The van der Waals surface area contributed by atoms with E-state index in [1.807, 2.05) is 6.07 Å². The van der Waals surface area contributed by atoms with Crippen LogP contribution in [0.3, 0.4) is 0 Å². The summed E-state index contributed by atoms with van der Waals surface area (Å²) in [5, 5.41) is 13.6. The van der Waals surface area contributed by atoms with Gasteiger partial charge in [-0.05, 0) is 61.6 Å². The minimum Gasteiger partial charge on any atom is -0.387 e. The number of nitrogens with one attached hydrogen (secondary N) is 1. The first-order chi connectivity index (χ1) is 9.47. The number of aryl methyl sites for hydroxylation is 4. The molecule has 0 aliphatic carbocycles. The number of hydrogen-bond donors (Lipinski definition) is 2. The monoisotopic (exact) mass is 269 g/mol. The van der Waals surface area contributed by atoms with Gasteiger partial charge in [0.2, 0.25) is 0 Å². The van der Waals surface area contributed by atoms with E-state index in [0.717, 1.165) is 11.3 Å². The van der Waals surface area contributed by atoms with Crippen molar-refractivity contribution in [1.82, 2.24) is 0 Å². The van der Waals surface area contributed by atoms with Crippen molar-refractivity contribution in [3.05, 3.63) is 64.2 Å². The second-order valence-corrected chi connectivity index (χ2v) is 5.56. The SMILES string of the molecule is Cc1ccc(C)c(NCC(O)c2ccc(C)c(C)c2)c1. The molecule has 0 aliphatic heterocycles. The molecular formula is C18H23NO. The Bertz CT molecular complexity index is 604. The van der Waals surface area contributed by atoms with E-state index < -0.39 is 6.10 Å². The highest BCUT2D eigenvalue weighted by Gasteiger charge is 2.09. The highest BCUT2D eigenvalue weighted by Crippen LogP contribution is 2.20. The molecule has 0 amide bonds. The van der Waals surface area contributed by atoms with Crippen molar-refractivity contribution in [2.45, 2.75) is 33.8 Å². The number of anilines is 1. The summed E-state index contributed by atoms with van der Waals surface area (Å²) < 4.78 is 0. The van der Waals surface area contributed by atoms with Crippen LogP contribution >= 0.6 is 0 Å². The molecule has 106 valence electrons. The Kier molecular flexibility index (Phi) is 4.46. The third-order valence-corrected chi connectivity index (χ3v) is 3.79. The molecule has 0 radical (unpaired) electrons. The normalized spacial score (nSPS) is 12.2. The molecular weight excluding hydrogens is 246 g/mol. The van der Waals surface area contributed by atoms with Crippen molar-refractivity contribution in [1.29, 1.82) is 0 Å². The van der Waals surface area contributed by atoms with Gasteiger partial charge in [-0.15, -0.1) is 0 Å². The molecule has 2 nitrogen and oxygen atoms in total. The Morgan fingerprint density at radius 1 is 0.900 bits per heavy atom. The summed E-state index contributed by atoms with van der Waals surface area (Å²) in [5.41, 5.74) is 6.94. The van der Waals surface area contributed by atoms with Crippen LogP contribution in [0.5, 0.6) is 0 Å². The van der Waals surface area contributed by atoms with Crippen molar-refractivity contribution in [2.75, 3.05) is 11.9 Å². The Balaban J connectivity index is 2.06. The topological polar surface area (TPSA) is 32.3 Å². The average molecular weight is 269 g/mol. The third kappa shape index (κ3) is 3.40. The lowest BCUT2D eigenvalue weighted by Gasteiger charge is -2.16. The zero-order valence-corrected chi connectivity index (χ0v) is 12.7. The van der Waals surface area contributed by atoms with E-state index >= 15 is 0 Å². The Labute approximate surface area is 121 Å². The van der Waals surface area contributed by atoms with Gasteiger partial charge >= 0.3 is 0 Å². The summed E-state index contributed by atoms with van der Waals surface area (Å²) in [6.45, 7) is 8.82. The summed E-state index contributed by atoms with van der Waals surface area (Å²) in [5.74, 6) is 0. The predicted molar refractivity (Wildman–Crippen MR) is 85.3 cm³/mol. The van der Waals surface area contributed by atoms with E-state index in [1.54, 1.807) is 0 Å². The van der Waals surface area contributed by atoms with Crippen molar-refractivity contribution >= 4 is 5.69 Å². The summed E-state index contributed by atoms with van der Waals surface area (Å²) >= 11 is 0. The van der Waals surface area contributed by atoms with Crippen LogP contribution in [0.25, 0.3) is 0 Å². The molecule has 1 unspecified atom stereocenters. The van der Waals surface area contributed by atoms with E-state index in [4.69, 9.17) is 0 Å². The quantitative estimate of drug-likeness (QED) is 0.877. The van der Waals surface area contributed by atoms with Gasteiger partial charge in [-0.1, -0.05) is 30.3 Å². The van der Waals surface area contributed by atoms with E-state index in [0.29, 0.717) is 6.54 Å². The molecule has 2 heteroatoms. The fourth-order valence-corrected chi connectivity index (χ4v) is 2.22. The third-order valence-electron chi connectivity index (χ3n) is 3.79. The molecule has 0 aliphatic rings. The van der Waals surface area contributed by atoms with Crippen LogP contribution in [0.4, 0.5) is 5.69 Å². The number of benzene rings is 2. The molecule has 0 saturated carbocycles. The van der Waals surface area contributed by atoms with Gasteiger partial charge in [-0.3, -0.25) is 0 Å². The molecule has 0 bridgehead atoms. The number of hydrogen-bond acceptors (Lipinski definition) is 2. The summed E-state index contributed by atoms with van der Waals surface area (Å²) in [6.07, 6.45) is -0.491. The number of rotatable bonds is 4. The maximum Gasteiger partial charge on any atom is 0.0962 e. The Morgan fingerprint density at radius 3 is 2.30 bits per heavy atom. The van der Waals surface area contributed by atoms with Gasteiger partial charge in [0.15, 0.2) is 0 Å². The Hall–Kier alpha value is -1.80. The maximum atomic E-state index is 10.3. The van der Waals surface area contributed by atoms with Crippen LogP contribution in [0.1, 0.15) is 33.9 Å². The molecule has 1 atom stereocenters. The van der Waals surface area contributed by atoms with Gasteiger partial charge in [0, 0.05) is 12.2 Å². The number of aliphatic hydroxyl groups excluding tert-OH is 1. The lowest BCUT2D eigenvalue weighted by atomic mass is 10.0. The van der Waals surface area contributed by atoms with Crippen LogP contribution in [0, 0.1) is 27.7 Å². The fourth-order valence-electron chi connectivity index (χ4n) is 2.22. The van der Waals surface area contributed by atoms with Gasteiger partial charge in [-0.25, -0.2) is 0 Å². The lowest BCUT2D eigenvalue weighted by Crippen LogP contribution is -2.13. The Morgan fingerprint density at radius 2 is 1.60 bits per heavy atom. The second-order valence-electron chi connectivity index (χ2n) is 5.56. The lowest BCUT2D eigenvalue weighted by molar-refractivity contribution is 0.191. The molecule has 0 saturated heterocycles.